The highest BCUT2D eigenvalue weighted by Gasteiger charge is 2.34. The van der Waals surface area contributed by atoms with Crippen molar-refractivity contribution in [1.29, 1.82) is 0 Å². The third kappa shape index (κ3) is 2.22. The molecule has 1 aliphatic heterocycles. The van der Waals surface area contributed by atoms with Crippen LogP contribution in [0.25, 0.3) is 0 Å². The van der Waals surface area contributed by atoms with Crippen molar-refractivity contribution >= 4 is 17.6 Å². The van der Waals surface area contributed by atoms with Crippen LogP contribution >= 0.6 is 0 Å². The van der Waals surface area contributed by atoms with Crippen LogP contribution in [0.15, 0.2) is 36.4 Å². The lowest BCUT2D eigenvalue weighted by molar-refractivity contribution is -0.112. The molecule has 0 spiro atoms. The summed E-state index contributed by atoms with van der Waals surface area (Å²) in [5, 5.41) is 0. The lowest BCUT2D eigenvalue weighted by Crippen LogP contribution is -2.30. The van der Waals surface area contributed by atoms with Gasteiger partial charge in [0.2, 0.25) is 0 Å². The van der Waals surface area contributed by atoms with Gasteiger partial charge in [0.05, 0.1) is 11.1 Å². The summed E-state index contributed by atoms with van der Waals surface area (Å²) >= 11 is 0. The highest BCUT2D eigenvalue weighted by molar-refractivity contribution is 6.21. The number of amides is 2. The molecular formula is C14H13NO3. The van der Waals surface area contributed by atoms with Crippen molar-refractivity contribution in [1.82, 2.24) is 4.90 Å². The summed E-state index contributed by atoms with van der Waals surface area (Å²) in [5.41, 5.74) is 0.913. The van der Waals surface area contributed by atoms with E-state index in [2.05, 4.69) is 0 Å². The Bertz CT molecular complexity index is 511. The van der Waals surface area contributed by atoms with Gasteiger partial charge >= 0.3 is 0 Å². The number of rotatable bonds is 4. The van der Waals surface area contributed by atoms with Gasteiger partial charge in [0, 0.05) is 6.54 Å². The summed E-state index contributed by atoms with van der Waals surface area (Å²) in [6.45, 7) is 1.76. The maximum Gasteiger partial charge on any atom is 0.261 e. The number of nitrogens with zero attached hydrogens (tertiary/aromatic N) is 1. The van der Waals surface area contributed by atoms with Crippen LogP contribution in [0.1, 0.15) is 34.1 Å². The molecule has 92 valence electrons. The fraction of sp³-hybridized carbons (Fsp3) is 0.214. The molecule has 2 amide bonds. The normalized spacial score (nSPS) is 14.4. The quantitative estimate of drug-likeness (QED) is 0.598. The van der Waals surface area contributed by atoms with Gasteiger partial charge in [-0.05, 0) is 31.6 Å². The lowest BCUT2D eigenvalue weighted by atomic mass is 10.1. The first-order chi connectivity index (χ1) is 8.61. The standard InChI is InChI=1S/C14H13NO3/c1-10(16)6-4-5-9-15-13(17)11-7-2-3-8-12(11)14(15)18/h2-4,6-8H,5,9H2,1H3/b6-4+. The van der Waals surface area contributed by atoms with Crippen LogP contribution in [0.3, 0.4) is 0 Å². The minimum absolute atomic E-state index is 0.0441. The highest BCUT2D eigenvalue weighted by atomic mass is 16.2. The van der Waals surface area contributed by atoms with Crippen LogP contribution in [-0.2, 0) is 4.79 Å². The molecule has 0 unspecified atom stereocenters. The van der Waals surface area contributed by atoms with Gasteiger partial charge in [0.1, 0.15) is 0 Å². The Morgan fingerprint density at radius 1 is 1.17 bits per heavy atom. The summed E-state index contributed by atoms with van der Waals surface area (Å²) in [4.78, 5) is 35.8. The predicted octanol–water partition coefficient (Wildman–Crippen LogP) is 1.82. The average molecular weight is 243 g/mol. The molecular weight excluding hydrogens is 230 g/mol. The third-order valence-corrected chi connectivity index (χ3v) is 2.75. The number of carbonyl (C=O) groups excluding carboxylic acids is 3. The van der Waals surface area contributed by atoms with Crippen molar-refractivity contribution in [3.8, 4) is 0 Å². The Labute approximate surface area is 105 Å². The van der Waals surface area contributed by atoms with E-state index >= 15 is 0 Å². The van der Waals surface area contributed by atoms with E-state index in [1.807, 2.05) is 0 Å². The summed E-state index contributed by atoms with van der Waals surface area (Å²) in [6.07, 6.45) is 3.61. The molecule has 0 aromatic heterocycles. The molecule has 1 aromatic rings. The van der Waals surface area contributed by atoms with Crippen molar-refractivity contribution in [2.45, 2.75) is 13.3 Å². The molecule has 0 saturated heterocycles. The number of hydrogen-bond donors (Lipinski definition) is 0. The Morgan fingerprint density at radius 2 is 1.72 bits per heavy atom. The van der Waals surface area contributed by atoms with E-state index < -0.39 is 0 Å². The van der Waals surface area contributed by atoms with Crippen LogP contribution in [-0.4, -0.2) is 29.0 Å². The summed E-state index contributed by atoms with van der Waals surface area (Å²) < 4.78 is 0. The Hall–Kier alpha value is -2.23. The zero-order valence-corrected chi connectivity index (χ0v) is 10.1. The van der Waals surface area contributed by atoms with Crippen molar-refractivity contribution in [3.63, 3.8) is 0 Å². The number of carbonyl (C=O) groups is 3. The molecule has 4 heteroatoms. The fourth-order valence-corrected chi connectivity index (χ4v) is 1.90. The van der Waals surface area contributed by atoms with Gasteiger partial charge in [-0.15, -0.1) is 0 Å². The number of allylic oxidation sites excluding steroid dienone is 1. The Kier molecular flexibility index (Phi) is 3.37. The number of ketones is 1. The topological polar surface area (TPSA) is 54.5 Å². The molecule has 0 N–H and O–H groups in total. The Morgan fingerprint density at radius 3 is 2.22 bits per heavy atom. The maximum absolute atomic E-state index is 11.9. The minimum Gasteiger partial charge on any atom is -0.295 e. The van der Waals surface area contributed by atoms with Crippen molar-refractivity contribution in [2.24, 2.45) is 0 Å². The smallest absolute Gasteiger partial charge is 0.261 e. The molecule has 18 heavy (non-hydrogen) atoms. The molecule has 2 rings (SSSR count). The predicted molar refractivity (Wildman–Crippen MR) is 66.2 cm³/mol. The molecule has 0 bridgehead atoms. The number of hydrogen-bond acceptors (Lipinski definition) is 3. The molecule has 1 aliphatic rings. The van der Waals surface area contributed by atoms with Crippen LogP contribution in [0.2, 0.25) is 0 Å². The van der Waals surface area contributed by atoms with E-state index in [-0.39, 0.29) is 17.6 Å². The second-order valence-corrected chi connectivity index (χ2v) is 4.11. The van der Waals surface area contributed by atoms with Gasteiger partial charge in [-0.1, -0.05) is 18.2 Å². The Balaban J connectivity index is 2.07. The van der Waals surface area contributed by atoms with E-state index in [4.69, 9.17) is 0 Å². The summed E-state index contributed by atoms with van der Waals surface area (Å²) in [7, 11) is 0. The molecule has 0 atom stereocenters. The maximum atomic E-state index is 11.9. The van der Waals surface area contributed by atoms with Crippen LogP contribution in [0.4, 0.5) is 0 Å². The van der Waals surface area contributed by atoms with E-state index in [0.29, 0.717) is 24.1 Å². The zero-order chi connectivity index (χ0) is 13.1. The molecule has 0 fully saturated rings. The van der Waals surface area contributed by atoms with E-state index in [1.54, 1.807) is 30.3 Å². The molecule has 1 heterocycles. The zero-order valence-electron chi connectivity index (χ0n) is 10.1. The van der Waals surface area contributed by atoms with Gasteiger partial charge in [-0.25, -0.2) is 0 Å². The summed E-state index contributed by atoms with van der Waals surface area (Å²) in [6, 6.07) is 6.79. The first-order valence-electron chi connectivity index (χ1n) is 5.73. The molecule has 0 saturated carbocycles. The van der Waals surface area contributed by atoms with Crippen molar-refractivity contribution in [2.75, 3.05) is 6.54 Å². The summed E-state index contributed by atoms with van der Waals surface area (Å²) in [5.74, 6) is -0.559. The van der Waals surface area contributed by atoms with E-state index in [0.717, 1.165) is 0 Å². The largest absolute Gasteiger partial charge is 0.295 e. The SMILES string of the molecule is CC(=O)/C=C/CCN1C(=O)c2ccccc2C1=O. The van der Waals surface area contributed by atoms with Gasteiger partial charge in [0.15, 0.2) is 5.78 Å². The van der Waals surface area contributed by atoms with E-state index in [1.165, 1.54) is 17.9 Å². The number of fused-ring (bicyclic) bond motifs is 1. The van der Waals surface area contributed by atoms with Crippen LogP contribution < -0.4 is 0 Å². The monoisotopic (exact) mass is 243 g/mol. The highest BCUT2D eigenvalue weighted by Crippen LogP contribution is 2.22. The van der Waals surface area contributed by atoms with Crippen LogP contribution in [0, 0.1) is 0 Å². The second kappa shape index (κ2) is 4.96. The molecule has 0 radical (unpaired) electrons. The average Bonchev–Trinajstić information content (AvgIpc) is 2.59. The first-order valence-corrected chi connectivity index (χ1v) is 5.73. The van der Waals surface area contributed by atoms with Crippen molar-refractivity contribution in [3.05, 3.63) is 47.5 Å². The third-order valence-electron chi connectivity index (χ3n) is 2.75. The number of benzene rings is 1. The van der Waals surface area contributed by atoms with Gasteiger partial charge < -0.3 is 0 Å². The lowest BCUT2D eigenvalue weighted by Gasteiger charge is -2.11. The van der Waals surface area contributed by atoms with Gasteiger partial charge in [-0.2, -0.15) is 0 Å². The first kappa shape index (κ1) is 12.2. The van der Waals surface area contributed by atoms with E-state index in [9.17, 15) is 14.4 Å². The second-order valence-electron chi connectivity index (χ2n) is 4.11. The van der Waals surface area contributed by atoms with Crippen LogP contribution in [0.5, 0.6) is 0 Å². The minimum atomic E-state index is -0.258. The van der Waals surface area contributed by atoms with Gasteiger partial charge in [-0.3, -0.25) is 19.3 Å². The molecule has 0 aliphatic carbocycles. The van der Waals surface area contributed by atoms with Crippen molar-refractivity contribution < 1.29 is 14.4 Å². The van der Waals surface area contributed by atoms with Gasteiger partial charge in [0.25, 0.3) is 11.8 Å². The molecule has 4 nitrogen and oxygen atoms in total. The fourth-order valence-electron chi connectivity index (χ4n) is 1.90. The molecule has 1 aromatic carbocycles. The number of imide groups is 1.